The number of piperidine rings is 1. The molecule has 0 aliphatic carbocycles. The van der Waals surface area contributed by atoms with E-state index >= 15 is 0 Å². The Morgan fingerprint density at radius 1 is 0.971 bits per heavy atom. The number of hydrogen-bond donors (Lipinski definition) is 1. The molecule has 174 valence electrons. The Morgan fingerprint density at radius 2 is 1.71 bits per heavy atom. The Bertz CT molecular complexity index is 1260. The molecule has 0 unspecified atom stereocenters. The van der Waals surface area contributed by atoms with Gasteiger partial charge in [-0.3, -0.25) is 9.69 Å². The van der Waals surface area contributed by atoms with Gasteiger partial charge in [-0.1, -0.05) is 78.5 Å². The molecule has 1 aliphatic rings. The van der Waals surface area contributed by atoms with Crippen molar-refractivity contribution in [3.63, 3.8) is 0 Å². The number of benzene rings is 3. The number of nitrogens with one attached hydrogen (secondary N) is 1. The maximum atomic E-state index is 12.7. The fourth-order valence-electron chi connectivity index (χ4n) is 4.61. The molecule has 1 fully saturated rings. The number of rotatable bonds is 7. The van der Waals surface area contributed by atoms with Crippen LogP contribution in [0, 0.1) is 0 Å². The third-order valence-electron chi connectivity index (χ3n) is 6.46. The van der Waals surface area contributed by atoms with Gasteiger partial charge in [0.2, 0.25) is 5.91 Å². The van der Waals surface area contributed by atoms with Crippen LogP contribution in [-0.2, 0) is 17.6 Å². The maximum absolute atomic E-state index is 12.7. The molecular formula is C27H29N5OS. The zero-order chi connectivity index (χ0) is 23.3. The smallest absolute Gasteiger partial charge is 0.238 e. The average molecular weight is 472 g/mol. The Balaban J connectivity index is 1.14. The summed E-state index contributed by atoms with van der Waals surface area (Å²) in [5, 5.41) is 15.2. The molecule has 1 saturated heterocycles. The molecule has 4 aromatic rings. The lowest BCUT2D eigenvalue weighted by Crippen LogP contribution is -2.39. The van der Waals surface area contributed by atoms with Crippen molar-refractivity contribution in [1.29, 1.82) is 0 Å². The van der Waals surface area contributed by atoms with Crippen LogP contribution in [-0.4, -0.2) is 45.2 Å². The highest BCUT2D eigenvalue weighted by Crippen LogP contribution is 2.30. The Labute approximate surface area is 204 Å². The molecule has 0 saturated carbocycles. The van der Waals surface area contributed by atoms with Crippen LogP contribution in [0.5, 0.6) is 0 Å². The van der Waals surface area contributed by atoms with Crippen LogP contribution in [0.4, 0.5) is 5.69 Å². The minimum absolute atomic E-state index is 0.0352. The third kappa shape index (κ3) is 5.16. The fourth-order valence-corrected chi connectivity index (χ4v) is 5.48. The van der Waals surface area contributed by atoms with Crippen LogP contribution in [0.3, 0.4) is 0 Å². The number of thioether (sulfide) groups is 1. The van der Waals surface area contributed by atoms with Gasteiger partial charge in [0.1, 0.15) is 5.82 Å². The van der Waals surface area contributed by atoms with Gasteiger partial charge >= 0.3 is 0 Å². The van der Waals surface area contributed by atoms with Gasteiger partial charge in [-0.2, -0.15) is 0 Å². The monoisotopic (exact) mass is 471 g/mol. The standard InChI is InChI=1S/C27H29N5OS/c1-31-26(29-30-27(31)34-19-20-8-3-2-4-9-20)22-14-16-32(17-15-22)18-25(33)28-24-13-7-11-21-10-5-6-12-23(21)24/h2-13,22H,14-19H2,1H3,(H,28,33). The molecule has 5 rings (SSSR count). The van der Waals surface area contributed by atoms with Crippen molar-refractivity contribution in [3.05, 3.63) is 84.2 Å². The van der Waals surface area contributed by atoms with Crippen LogP contribution in [0.1, 0.15) is 30.1 Å². The molecule has 0 radical (unpaired) electrons. The first-order valence-electron chi connectivity index (χ1n) is 11.7. The van der Waals surface area contributed by atoms with Crippen molar-refractivity contribution >= 4 is 34.1 Å². The molecule has 34 heavy (non-hydrogen) atoms. The number of nitrogens with zero attached hydrogens (tertiary/aromatic N) is 4. The highest BCUT2D eigenvalue weighted by Gasteiger charge is 2.26. The Hall–Kier alpha value is -3.16. The van der Waals surface area contributed by atoms with E-state index in [2.05, 4.69) is 68.4 Å². The lowest BCUT2D eigenvalue weighted by molar-refractivity contribution is -0.117. The van der Waals surface area contributed by atoms with Gasteiger partial charge in [0.15, 0.2) is 5.16 Å². The largest absolute Gasteiger partial charge is 0.324 e. The first-order valence-corrected chi connectivity index (χ1v) is 12.7. The molecular weight excluding hydrogens is 442 g/mol. The van der Waals surface area contributed by atoms with Gasteiger partial charge in [0.25, 0.3) is 0 Å². The van der Waals surface area contributed by atoms with Crippen LogP contribution in [0.25, 0.3) is 10.8 Å². The third-order valence-corrected chi connectivity index (χ3v) is 7.55. The molecule has 0 bridgehead atoms. The van der Waals surface area contributed by atoms with Crippen molar-refractivity contribution in [2.75, 3.05) is 25.0 Å². The second-order valence-corrected chi connectivity index (χ2v) is 9.74. The quantitative estimate of drug-likeness (QED) is 0.381. The lowest BCUT2D eigenvalue weighted by atomic mass is 9.96. The van der Waals surface area contributed by atoms with Crippen LogP contribution >= 0.6 is 11.8 Å². The fraction of sp³-hybridized carbons (Fsp3) is 0.296. The van der Waals surface area contributed by atoms with Crippen molar-refractivity contribution < 1.29 is 4.79 Å². The molecule has 1 N–H and O–H groups in total. The van der Waals surface area contributed by atoms with E-state index in [0.29, 0.717) is 12.5 Å². The van der Waals surface area contributed by atoms with Gasteiger partial charge in [0, 0.05) is 29.8 Å². The molecule has 6 nitrogen and oxygen atoms in total. The number of likely N-dealkylation sites (tertiary alicyclic amines) is 1. The SMILES string of the molecule is Cn1c(SCc2ccccc2)nnc1C1CCN(CC(=O)Nc2cccc3ccccc23)CC1. The lowest BCUT2D eigenvalue weighted by Gasteiger charge is -2.30. The summed E-state index contributed by atoms with van der Waals surface area (Å²) in [5.41, 5.74) is 2.16. The molecule has 2 heterocycles. The summed E-state index contributed by atoms with van der Waals surface area (Å²) in [6.45, 7) is 2.17. The zero-order valence-corrected chi connectivity index (χ0v) is 20.2. The first kappa shape index (κ1) is 22.6. The summed E-state index contributed by atoms with van der Waals surface area (Å²) in [6, 6.07) is 24.6. The number of carbonyl (C=O) groups is 1. The molecule has 0 atom stereocenters. The maximum Gasteiger partial charge on any atom is 0.238 e. The Kier molecular flexibility index (Phi) is 6.92. The van der Waals surface area contributed by atoms with E-state index in [1.165, 1.54) is 5.56 Å². The van der Waals surface area contributed by atoms with Crippen LogP contribution in [0.2, 0.25) is 0 Å². The number of fused-ring (bicyclic) bond motifs is 1. The predicted octanol–water partition coefficient (Wildman–Crippen LogP) is 5.08. The van der Waals surface area contributed by atoms with E-state index in [4.69, 9.17) is 0 Å². The highest BCUT2D eigenvalue weighted by molar-refractivity contribution is 7.98. The molecule has 1 aliphatic heterocycles. The summed E-state index contributed by atoms with van der Waals surface area (Å²) >= 11 is 1.72. The summed E-state index contributed by atoms with van der Waals surface area (Å²) in [4.78, 5) is 15.0. The summed E-state index contributed by atoms with van der Waals surface area (Å²) in [5.74, 6) is 2.35. The van der Waals surface area contributed by atoms with Crippen molar-refractivity contribution in [2.45, 2.75) is 29.7 Å². The van der Waals surface area contributed by atoms with E-state index in [1.54, 1.807) is 11.8 Å². The normalized spacial score (nSPS) is 15.0. The molecule has 0 spiro atoms. The number of amides is 1. The van der Waals surface area contributed by atoms with Crippen molar-refractivity contribution in [3.8, 4) is 0 Å². The number of carbonyl (C=O) groups excluding carboxylic acids is 1. The Morgan fingerprint density at radius 3 is 2.53 bits per heavy atom. The van der Waals surface area contributed by atoms with Gasteiger partial charge in [-0.25, -0.2) is 0 Å². The van der Waals surface area contributed by atoms with E-state index in [-0.39, 0.29) is 5.91 Å². The minimum atomic E-state index is 0.0352. The van der Waals surface area contributed by atoms with Gasteiger partial charge in [-0.15, -0.1) is 10.2 Å². The number of aromatic nitrogens is 3. The molecule has 1 aromatic heterocycles. The topological polar surface area (TPSA) is 63.1 Å². The predicted molar refractivity (Wildman–Crippen MR) is 138 cm³/mol. The molecule has 3 aromatic carbocycles. The van der Waals surface area contributed by atoms with Crippen LogP contribution < -0.4 is 5.32 Å². The van der Waals surface area contributed by atoms with Gasteiger partial charge < -0.3 is 9.88 Å². The van der Waals surface area contributed by atoms with Crippen molar-refractivity contribution in [1.82, 2.24) is 19.7 Å². The number of hydrogen-bond acceptors (Lipinski definition) is 5. The van der Waals surface area contributed by atoms with Gasteiger partial charge in [0.05, 0.1) is 6.54 Å². The zero-order valence-electron chi connectivity index (χ0n) is 19.4. The number of anilines is 1. The van der Waals surface area contributed by atoms with E-state index in [9.17, 15) is 4.79 Å². The van der Waals surface area contributed by atoms with Crippen molar-refractivity contribution in [2.24, 2.45) is 7.05 Å². The van der Waals surface area contributed by atoms with E-state index in [1.807, 2.05) is 36.4 Å². The first-order chi connectivity index (χ1) is 16.7. The highest BCUT2D eigenvalue weighted by atomic mass is 32.2. The summed E-state index contributed by atoms with van der Waals surface area (Å²) < 4.78 is 2.14. The molecule has 1 amide bonds. The summed E-state index contributed by atoms with van der Waals surface area (Å²) in [7, 11) is 2.06. The van der Waals surface area contributed by atoms with Gasteiger partial charge in [-0.05, 0) is 42.9 Å². The second kappa shape index (κ2) is 10.4. The summed E-state index contributed by atoms with van der Waals surface area (Å²) in [6.07, 6.45) is 1.97. The molecule has 7 heteroatoms. The van der Waals surface area contributed by atoms with E-state index in [0.717, 1.165) is 59.1 Å². The second-order valence-electron chi connectivity index (χ2n) is 8.80. The van der Waals surface area contributed by atoms with E-state index < -0.39 is 0 Å². The average Bonchev–Trinajstić information content (AvgIpc) is 3.24. The minimum Gasteiger partial charge on any atom is -0.324 e. The van der Waals surface area contributed by atoms with Crippen LogP contribution in [0.15, 0.2) is 78.0 Å².